The van der Waals surface area contributed by atoms with Crippen molar-refractivity contribution in [3.05, 3.63) is 52.5 Å². The average Bonchev–Trinajstić information content (AvgIpc) is 2.38. The molecule has 0 aliphatic carbocycles. The van der Waals surface area contributed by atoms with E-state index in [1.54, 1.807) is 19.2 Å². The van der Waals surface area contributed by atoms with Gasteiger partial charge in [0.2, 0.25) is 5.91 Å². The summed E-state index contributed by atoms with van der Waals surface area (Å²) in [4.78, 5) is 11.2. The highest BCUT2D eigenvalue weighted by molar-refractivity contribution is 9.10. The second-order valence-corrected chi connectivity index (χ2v) is 4.74. The zero-order valence-electron chi connectivity index (χ0n) is 9.81. The van der Waals surface area contributed by atoms with E-state index < -0.39 is 5.91 Å². The summed E-state index contributed by atoms with van der Waals surface area (Å²) in [5.74, 6) is 0.356. The molecular formula is C14H12BrNO2. The standard InChI is InChI=1S/C14H12BrNO2/c1-18-13-4-2-9(3-5-13)10-6-11(14(16)17)8-12(15)7-10/h2-8H,1H3,(H2,16,17). The molecule has 4 heteroatoms. The van der Waals surface area contributed by atoms with Gasteiger partial charge >= 0.3 is 0 Å². The summed E-state index contributed by atoms with van der Waals surface area (Å²) < 4.78 is 5.93. The number of halogens is 1. The van der Waals surface area contributed by atoms with Crippen LogP contribution in [0.3, 0.4) is 0 Å². The summed E-state index contributed by atoms with van der Waals surface area (Å²) in [7, 11) is 1.62. The maximum atomic E-state index is 11.2. The fourth-order valence-electron chi connectivity index (χ4n) is 1.68. The minimum absolute atomic E-state index is 0.439. The molecule has 0 aliphatic rings. The Morgan fingerprint density at radius 1 is 1.11 bits per heavy atom. The number of amides is 1. The van der Waals surface area contributed by atoms with Crippen LogP contribution in [0.2, 0.25) is 0 Å². The average molecular weight is 306 g/mol. The number of nitrogens with two attached hydrogens (primary N) is 1. The van der Waals surface area contributed by atoms with Crippen LogP contribution in [-0.4, -0.2) is 13.0 Å². The van der Waals surface area contributed by atoms with Crippen molar-refractivity contribution in [2.45, 2.75) is 0 Å². The van der Waals surface area contributed by atoms with E-state index in [0.717, 1.165) is 21.3 Å². The molecule has 3 nitrogen and oxygen atoms in total. The topological polar surface area (TPSA) is 52.3 Å². The molecular weight excluding hydrogens is 294 g/mol. The van der Waals surface area contributed by atoms with Gasteiger partial charge in [-0.1, -0.05) is 28.1 Å². The lowest BCUT2D eigenvalue weighted by atomic mass is 10.0. The molecule has 0 saturated carbocycles. The van der Waals surface area contributed by atoms with E-state index in [9.17, 15) is 4.79 Å². The van der Waals surface area contributed by atoms with E-state index in [1.165, 1.54) is 0 Å². The Morgan fingerprint density at radius 3 is 2.33 bits per heavy atom. The van der Waals surface area contributed by atoms with Gasteiger partial charge in [0.1, 0.15) is 5.75 Å². The first-order chi connectivity index (χ1) is 8.60. The second-order valence-electron chi connectivity index (χ2n) is 3.82. The SMILES string of the molecule is COc1ccc(-c2cc(Br)cc(C(N)=O)c2)cc1. The molecule has 0 spiro atoms. The molecule has 0 bridgehead atoms. The zero-order valence-corrected chi connectivity index (χ0v) is 11.4. The van der Waals surface area contributed by atoms with Crippen molar-refractivity contribution in [3.8, 4) is 16.9 Å². The summed E-state index contributed by atoms with van der Waals surface area (Å²) in [6.07, 6.45) is 0. The molecule has 2 aromatic carbocycles. The molecule has 1 amide bonds. The summed E-state index contributed by atoms with van der Waals surface area (Å²) in [6, 6.07) is 13.0. The number of rotatable bonds is 3. The van der Waals surface area contributed by atoms with Crippen molar-refractivity contribution in [1.29, 1.82) is 0 Å². The van der Waals surface area contributed by atoms with Crippen LogP contribution < -0.4 is 10.5 Å². The van der Waals surface area contributed by atoms with Crippen molar-refractivity contribution in [1.82, 2.24) is 0 Å². The van der Waals surface area contributed by atoms with Gasteiger partial charge in [0.15, 0.2) is 0 Å². The molecule has 0 aromatic heterocycles. The summed E-state index contributed by atoms with van der Waals surface area (Å²) in [5.41, 5.74) is 7.71. The van der Waals surface area contributed by atoms with Crippen LogP contribution in [0.5, 0.6) is 5.75 Å². The predicted molar refractivity (Wildman–Crippen MR) is 74.6 cm³/mol. The van der Waals surface area contributed by atoms with E-state index in [-0.39, 0.29) is 0 Å². The van der Waals surface area contributed by atoms with Gasteiger partial charge in [0.25, 0.3) is 0 Å². The third-order valence-electron chi connectivity index (χ3n) is 2.61. The lowest BCUT2D eigenvalue weighted by Crippen LogP contribution is -2.10. The Bertz CT molecular complexity index is 579. The van der Waals surface area contributed by atoms with Crippen molar-refractivity contribution in [2.75, 3.05) is 7.11 Å². The van der Waals surface area contributed by atoms with Crippen LogP contribution in [0.1, 0.15) is 10.4 Å². The first kappa shape index (κ1) is 12.6. The first-order valence-corrected chi connectivity index (χ1v) is 6.14. The van der Waals surface area contributed by atoms with Crippen LogP contribution in [0.15, 0.2) is 46.9 Å². The first-order valence-electron chi connectivity index (χ1n) is 5.35. The molecule has 0 atom stereocenters. The quantitative estimate of drug-likeness (QED) is 0.946. The highest BCUT2D eigenvalue weighted by atomic mass is 79.9. The predicted octanol–water partition coefficient (Wildman–Crippen LogP) is 3.22. The molecule has 2 rings (SSSR count). The van der Waals surface area contributed by atoms with E-state index in [1.807, 2.05) is 30.3 Å². The minimum atomic E-state index is -0.439. The molecule has 0 aliphatic heterocycles. The van der Waals surface area contributed by atoms with Gasteiger partial charge in [-0.3, -0.25) is 4.79 Å². The van der Waals surface area contributed by atoms with Crippen LogP contribution >= 0.6 is 15.9 Å². The molecule has 0 heterocycles. The third kappa shape index (κ3) is 2.71. The van der Waals surface area contributed by atoms with Gasteiger partial charge in [-0.25, -0.2) is 0 Å². The largest absolute Gasteiger partial charge is 0.497 e. The monoisotopic (exact) mass is 305 g/mol. The fourth-order valence-corrected chi connectivity index (χ4v) is 2.18. The van der Waals surface area contributed by atoms with Crippen LogP contribution in [0.25, 0.3) is 11.1 Å². The van der Waals surface area contributed by atoms with Crippen LogP contribution in [-0.2, 0) is 0 Å². The Balaban J connectivity index is 2.46. The number of methoxy groups -OCH3 is 1. The lowest BCUT2D eigenvalue weighted by Gasteiger charge is -2.06. The van der Waals surface area contributed by atoms with E-state index in [2.05, 4.69) is 15.9 Å². The van der Waals surface area contributed by atoms with Crippen LogP contribution in [0, 0.1) is 0 Å². The molecule has 0 saturated heterocycles. The number of hydrogen-bond donors (Lipinski definition) is 1. The highest BCUT2D eigenvalue weighted by Crippen LogP contribution is 2.26. The maximum absolute atomic E-state index is 11.2. The van der Waals surface area contributed by atoms with Gasteiger partial charge in [-0.05, 0) is 41.5 Å². The minimum Gasteiger partial charge on any atom is -0.497 e. The molecule has 2 N–H and O–H groups in total. The van der Waals surface area contributed by atoms with Crippen molar-refractivity contribution in [3.63, 3.8) is 0 Å². The number of carbonyl (C=O) groups excluding carboxylic acids is 1. The maximum Gasteiger partial charge on any atom is 0.248 e. The molecule has 0 radical (unpaired) electrons. The molecule has 92 valence electrons. The molecule has 0 fully saturated rings. The summed E-state index contributed by atoms with van der Waals surface area (Å²) in [5, 5.41) is 0. The van der Waals surface area contributed by atoms with Crippen molar-refractivity contribution < 1.29 is 9.53 Å². The van der Waals surface area contributed by atoms with E-state index in [0.29, 0.717) is 5.56 Å². The third-order valence-corrected chi connectivity index (χ3v) is 3.06. The number of hydrogen-bond acceptors (Lipinski definition) is 2. The zero-order chi connectivity index (χ0) is 13.1. The Hall–Kier alpha value is -1.81. The van der Waals surface area contributed by atoms with E-state index in [4.69, 9.17) is 10.5 Å². The van der Waals surface area contributed by atoms with Gasteiger partial charge in [0, 0.05) is 10.0 Å². The summed E-state index contributed by atoms with van der Waals surface area (Å²) >= 11 is 3.37. The van der Waals surface area contributed by atoms with Crippen molar-refractivity contribution >= 4 is 21.8 Å². The lowest BCUT2D eigenvalue weighted by molar-refractivity contribution is 0.100. The second kappa shape index (κ2) is 5.23. The molecule has 0 unspecified atom stereocenters. The normalized spacial score (nSPS) is 10.1. The van der Waals surface area contributed by atoms with Crippen molar-refractivity contribution in [2.24, 2.45) is 5.73 Å². The fraction of sp³-hybridized carbons (Fsp3) is 0.0714. The van der Waals surface area contributed by atoms with Gasteiger partial charge in [0.05, 0.1) is 7.11 Å². The molecule has 18 heavy (non-hydrogen) atoms. The van der Waals surface area contributed by atoms with Gasteiger partial charge < -0.3 is 10.5 Å². The highest BCUT2D eigenvalue weighted by Gasteiger charge is 2.06. The summed E-state index contributed by atoms with van der Waals surface area (Å²) in [6.45, 7) is 0. The number of benzene rings is 2. The number of carbonyl (C=O) groups is 1. The Morgan fingerprint density at radius 2 is 1.78 bits per heavy atom. The van der Waals surface area contributed by atoms with Gasteiger partial charge in [-0.15, -0.1) is 0 Å². The Kier molecular flexibility index (Phi) is 3.67. The van der Waals surface area contributed by atoms with Crippen LogP contribution in [0.4, 0.5) is 0 Å². The van der Waals surface area contributed by atoms with E-state index >= 15 is 0 Å². The van der Waals surface area contributed by atoms with Gasteiger partial charge in [-0.2, -0.15) is 0 Å². The smallest absolute Gasteiger partial charge is 0.248 e. The number of ether oxygens (including phenoxy) is 1. The Labute approximate surface area is 114 Å². The number of primary amides is 1. The molecule has 2 aromatic rings.